The molecule has 6 nitrogen and oxygen atoms in total. The Kier molecular flexibility index (Phi) is 5.40. The number of aliphatic hydroxyl groups is 2. The number of aromatic nitrogens is 2. The van der Waals surface area contributed by atoms with E-state index >= 15 is 0 Å². The lowest BCUT2D eigenvalue weighted by Gasteiger charge is -2.20. The highest BCUT2D eigenvalue weighted by Crippen LogP contribution is 2.12. The number of rotatable bonds is 5. The number of hydrogen-bond donors (Lipinski definition) is 2. The molecule has 2 heterocycles. The summed E-state index contributed by atoms with van der Waals surface area (Å²) in [6.45, 7) is 4.56. The molecule has 0 bridgehead atoms. The van der Waals surface area contributed by atoms with E-state index in [1.807, 2.05) is 47.4 Å². The minimum Gasteiger partial charge on any atom is -0.395 e. The molecule has 0 aliphatic carbocycles. The van der Waals surface area contributed by atoms with Gasteiger partial charge in [0.25, 0.3) is 0 Å². The van der Waals surface area contributed by atoms with Gasteiger partial charge >= 0.3 is 0 Å². The van der Waals surface area contributed by atoms with Gasteiger partial charge in [-0.15, -0.1) is 0 Å². The van der Waals surface area contributed by atoms with Crippen molar-refractivity contribution in [3.8, 4) is 5.69 Å². The maximum absolute atomic E-state index is 10.1. The first-order valence-electron chi connectivity index (χ1n) is 8.07. The SMILES string of the molecule is OCCN1CCN(Cc2cnn(-c3ccccc3)c2)C[C@H](O)C1. The van der Waals surface area contributed by atoms with Gasteiger partial charge in [-0.05, 0) is 12.1 Å². The summed E-state index contributed by atoms with van der Waals surface area (Å²) in [5.74, 6) is 0. The van der Waals surface area contributed by atoms with Crippen molar-refractivity contribution < 1.29 is 10.2 Å². The van der Waals surface area contributed by atoms with Crippen LogP contribution in [-0.2, 0) is 6.54 Å². The van der Waals surface area contributed by atoms with Gasteiger partial charge in [0.1, 0.15) is 0 Å². The number of aliphatic hydroxyl groups excluding tert-OH is 2. The highest BCUT2D eigenvalue weighted by molar-refractivity contribution is 5.30. The second-order valence-corrected chi connectivity index (χ2v) is 6.04. The topological polar surface area (TPSA) is 64.8 Å². The summed E-state index contributed by atoms with van der Waals surface area (Å²) in [5, 5.41) is 23.6. The molecule has 23 heavy (non-hydrogen) atoms. The van der Waals surface area contributed by atoms with E-state index in [0.717, 1.165) is 30.9 Å². The second-order valence-electron chi connectivity index (χ2n) is 6.04. The first-order valence-corrected chi connectivity index (χ1v) is 8.07. The fourth-order valence-corrected chi connectivity index (χ4v) is 3.03. The summed E-state index contributed by atoms with van der Waals surface area (Å²) < 4.78 is 1.88. The Balaban J connectivity index is 1.62. The molecule has 0 amide bonds. The minimum atomic E-state index is -0.381. The van der Waals surface area contributed by atoms with Crippen molar-refractivity contribution in [1.82, 2.24) is 19.6 Å². The monoisotopic (exact) mass is 316 g/mol. The van der Waals surface area contributed by atoms with Crippen LogP contribution in [0, 0.1) is 0 Å². The average Bonchev–Trinajstić information content (AvgIpc) is 2.94. The lowest BCUT2D eigenvalue weighted by molar-refractivity contribution is 0.101. The van der Waals surface area contributed by atoms with Crippen molar-refractivity contribution in [2.75, 3.05) is 39.3 Å². The molecule has 1 aromatic heterocycles. The van der Waals surface area contributed by atoms with Crippen LogP contribution in [0.3, 0.4) is 0 Å². The normalized spacial score (nSPS) is 20.5. The van der Waals surface area contributed by atoms with Crippen molar-refractivity contribution in [3.05, 3.63) is 48.3 Å². The Morgan fingerprint density at radius 1 is 1.09 bits per heavy atom. The van der Waals surface area contributed by atoms with Crippen LogP contribution in [0.1, 0.15) is 5.56 Å². The molecule has 1 fully saturated rings. The lowest BCUT2D eigenvalue weighted by atomic mass is 10.3. The van der Waals surface area contributed by atoms with E-state index in [1.54, 1.807) is 0 Å². The smallest absolute Gasteiger partial charge is 0.0793 e. The number of β-amino-alcohol motifs (C(OH)–C–C–N with tert-alkyl or cyclic N) is 2. The Morgan fingerprint density at radius 2 is 1.83 bits per heavy atom. The lowest BCUT2D eigenvalue weighted by Crippen LogP contribution is -2.34. The van der Waals surface area contributed by atoms with Gasteiger partial charge in [-0.25, -0.2) is 4.68 Å². The van der Waals surface area contributed by atoms with E-state index in [0.29, 0.717) is 19.6 Å². The third kappa shape index (κ3) is 4.39. The molecule has 1 aromatic carbocycles. The van der Waals surface area contributed by atoms with Gasteiger partial charge < -0.3 is 10.2 Å². The highest BCUT2D eigenvalue weighted by atomic mass is 16.3. The molecule has 124 valence electrons. The first kappa shape index (κ1) is 16.1. The molecule has 1 aliphatic heterocycles. The van der Waals surface area contributed by atoms with Gasteiger partial charge in [0.05, 0.1) is 24.6 Å². The van der Waals surface area contributed by atoms with Crippen LogP contribution >= 0.6 is 0 Å². The number of para-hydroxylation sites is 1. The van der Waals surface area contributed by atoms with Crippen molar-refractivity contribution in [2.24, 2.45) is 0 Å². The van der Waals surface area contributed by atoms with Crippen LogP contribution in [-0.4, -0.2) is 75.2 Å². The molecule has 0 radical (unpaired) electrons. The zero-order chi connectivity index (χ0) is 16.1. The van der Waals surface area contributed by atoms with Crippen LogP contribution in [0.25, 0.3) is 5.69 Å². The van der Waals surface area contributed by atoms with E-state index in [1.165, 1.54) is 0 Å². The summed E-state index contributed by atoms with van der Waals surface area (Å²) in [4.78, 5) is 4.35. The molecule has 1 saturated heterocycles. The fourth-order valence-electron chi connectivity index (χ4n) is 3.03. The molecule has 1 aliphatic rings. The van der Waals surface area contributed by atoms with Crippen molar-refractivity contribution in [3.63, 3.8) is 0 Å². The molecule has 0 saturated carbocycles. The second kappa shape index (κ2) is 7.70. The standard InChI is InChI=1S/C17H24N4O2/c22-9-8-19-6-7-20(14-17(23)13-19)11-15-10-18-21(12-15)16-4-2-1-3-5-16/h1-5,10,12,17,22-23H,6-9,11,13-14H2/t17-/m1/s1. The maximum Gasteiger partial charge on any atom is 0.0793 e. The van der Waals surface area contributed by atoms with E-state index in [-0.39, 0.29) is 12.7 Å². The quantitative estimate of drug-likeness (QED) is 0.833. The molecule has 3 rings (SSSR count). The molecule has 2 aromatic rings. The molecule has 2 N–H and O–H groups in total. The predicted octanol–water partition coefficient (Wildman–Crippen LogP) is 0.343. The number of hydrogen-bond acceptors (Lipinski definition) is 5. The summed E-state index contributed by atoms with van der Waals surface area (Å²) in [7, 11) is 0. The predicted molar refractivity (Wildman–Crippen MR) is 88.4 cm³/mol. The summed E-state index contributed by atoms with van der Waals surface area (Å²) in [6.07, 6.45) is 3.54. The van der Waals surface area contributed by atoms with Gasteiger partial charge in [0, 0.05) is 51.0 Å². The Hall–Kier alpha value is -1.73. The summed E-state index contributed by atoms with van der Waals surface area (Å²) in [5.41, 5.74) is 2.18. The van der Waals surface area contributed by atoms with Crippen LogP contribution in [0.15, 0.2) is 42.7 Å². The average molecular weight is 316 g/mol. The van der Waals surface area contributed by atoms with Crippen molar-refractivity contribution in [2.45, 2.75) is 12.6 Å². The molecule has 6 heteroatoms. The van der Waals surface area contributed by atoms with E-state index < -0.39 is 0 Å². The largest absolute Gasteiger partial charge is 0.395 e. The number of nitrogens with zero attached hydrogens (tertiary/aromatic N) is 4. The fraction of sp³-hybridized carbons (Fsp3) is 0.471. The highest BCUT2D eigenvalue weighted by Gasteiger charge is 2.21. The van der Waals surface area contributed by atoms with Crippen LogP contribution in [0.2, 0.25) is 0 Å². The van der Waals surface area contributed by atoms with Crippen molar-refractivity contribution >= 4 is 0 Å². The zero-order valence-electron chi connectivity index (χ0n) is 13.3. The Labute approximate surface area is 136 Å². The molecule has 1 atom stereocenters. The third-order valence-corrected chi connectivity index (χ3v) is 4.15. The Bertz CT molecular complexity index is 602. The molecular formula is C17H24N4O2. The van der Waals surface area contributed by atoms with Gasteiger partial charge in [-0.2, -0.15) is 5.10 Å². The summed E-state index contributed by atoms with van der Waals surface area (Å²) >= 11 is 0. The zero-order valence-corrected chi connectivity index (χ0v) is 13.3. The van der Waals surface area contributed by atoms with Crippen LogP contribution in [0.4, 0.5) is 0 Å². The Morgan fingerprint density at radius 3 is 2.61 bits per heavy atom. The summed E-state index contributed by atoms with van der Waals surface area (Å²) in [6, 6.07) is 10.0. The number of benzene rings is 1. The van der Waals surface area contributed by atoms with Gasteiger partial charge in [0.2, 0.25) is 0 Å². The maximum atomic E-state index is 10.1. The first-order chi connectivity index (χ1) is 11.2. The van der Waals surface area contributed by atoms with E-state index in [4.69, 9.17) is 5.11 Å². The van der Waals surface area contributed by atoms with Gasteiger partial charge in [0.15, 0.2) is 0 Å². The van der Waals surface area contributed by atoms with Gasteiger partial charge in [-0.1, -0.05) is 18.2 Å². The molecule has 0 spiro atoms. The van der Waals surface area contributed by atoms with E-state index in [9.17, 15) is 5.11 Å². The van der Waals surface area contributed by atoms with Gasteiger partial charge in [-0.3, -0.25) is 9.80 Å². The van der Waals surface area contributed by atoms with Crippen LogP contribution < -0.4 is 0 Å². The van der Waals surface area contributed by atoms with E-state index in [2.05, 4.69) is 14.9 Å². The third-order valence-electron chi connectivity index (χ3n) is 4.15. The minimum absolute atomic E-state index is 0.135. The molecular weight excluding hydrogens is 292 g/mol. The van der Waals surface area contributed by atoms with Crippen molar-refractivity contribution in [1.29, 1.82) is 0 Å². The van der Waals surface area contributed by atoms with Crippen LogP contribution in [0.5, 0.6) is 0 Å². The molecule has 0 unspecified atom stereocenters.